The topological polar surface area (TPSA) is 150 Å². The van der Waals surface area contributed by atoms with E-state index in [1.807, 2.05) is 31.4 Å². The summed E-state index contributed by atoms with van der Waals surface area (Å²) in [4.78, 5) is 91.6. The van der Waals surface area contributed by atoms with Crippen LogP contribution in [0.4, 0.5) is 0 Å². The number of carbonyl (C=O) groups is 6. The standard InChI is InChI=1S/C42H84N2O3.C37H72N2O3.C36H70N2O3/c1-6-11-15-19-23-25-29-32-36-43(35-31-27-21-17-13-8-3)41(45)39-47-40(10-5)42(46)44(37-33-28-22-18-14-9-4)38-34-30-26-24-20-16-12-7-2;1-4-7-10-13-15-17-19-21-23-26-30-38(31-27-24-22-20-18-16-14-11-8-5-2)36(40)34-42-35-29-28-33-39(37(35)41)32-25-12-9-6-3;1-4-7-10-13-15-17-19-21-23-26-29-37(30-27-24-22-20-18-16-14-11-8-5-2)35(39)33-41-34-28-32-38(36(34)40)31-25-12-9-6-3/h40H,6-39H2,1-5H3;35H,4-34H2,1-3H3;34H,4-33H2,1-3H3. The fourth-order valence-electron chi connectivity index (χ4n) is 18.8. The molecule has 0 aromatic heterocycles. The van der Waals surface area contributed by atoms with Crippen LogP contribution in [-0.2, 0) is 43.0 Å². The summed E-state index contributed by atoms with van der Waals surface area (Å²) < 4.78 is 18.1. The number of hydrogen-bond acceptors (Lipinski definition) is 9. The average molecular weight is 1840 g/mol. The molecular formula is C115H226N6O9. The molecule has 2 aliphatic heterocycles. The minimum atomic E-state index is -0.521. The van der Waals surface area contributed by atoms with Gasteiger partial charge in [-0.2, -0.15) is 0 Å². The highest BCUT2D eigenvalue weighted by Gasteiger charge is 2.34. The zero-order valence-corrected chi connectivity index (χ0v) is 89.3. The summed E-state index contributed by atoms with van der Waals surface area (Å²) >= 11 is 0. The molecule has 0 spiro atoms. The first kappa shape index (κ1) is 127. The van der Waals surface area contributed by atoms with E-state index in [1.165, 1.54) is 424 Å². The van der Waals surface area contributed by atoms with Crippen molar-refractivity contribution in [1.29, 1.82) is 0 Å². The molecule has 3 atom stereocenters. The van der Waals surface area contributed by atoms with E-state index in [0.717, 1.165) is 162 Å². The molecule has 2 fully saturated rings. The molecule has 15 heteroatoms. The maximum Gasteiger partial charge on any atom is 0.251 e. The first-order valence-electron chi connectivity index (χ1n) is 58.4. The van der Waals surface area contributed by atoms with E-state index in [9.17, 15) is 28.8 Å². The lowest BCUT2D eigenvalue weighted by Gasteiger charge is -2.32. The normalized spacial score (nSPS) is 14.1. The molecule has 15 nitrogen and oxygen atoms in total. The summed E-state index contributed by atoms with van der Waals surface area (Å²) in [5.74, 6) is 0.508. The number of rotatable bonds is 97. The molecule has 0 aromatic rings. The van der Waals surface area contributed by atoms with Crippen molar-refractivity contribution in [2.75, 3.05) is 98.4 Å². The lowest BCUT2D eigenvalue weighted by Crippen LogP contribution is -2.47. The van der Waals surface area contributed by atoms with Crippen LogP contribution >= 0.6 is 0 Å². The summed E-state index contributed by atoms with van der Waals surface area (Å²) in [5.41, 5.74) is 0. The van der Waals surface area contributed by atoms with Crippen LogP contribution in [0.5, 0.6) is 0 Å². The zero-order chi connectivity index (χ0) is 95.0. The third-order valence-electron chi connectivity index (χ3n) is 27.8. The largest absolute Gasteiger partial charge is 0.359 e. The number of ether oxygens (including phenoxy) is 3. The molecule has 0 saturated carbocycles. The fraction of sp³-hybridized carbons (Fsp3) is 0.948. The van der Waals surface area contributed by atoms with E-state index in [1.54, 1.807) is 0 Å². The summed E-state index contributed by atoms with van der Waals surface area (Å²) in [6, 6.07) is 0. The quantitative estimate of drug-likeness (QED) is 0.0542. The Bertz CT molecular complexity index is 2370. The molecule has 2 aliphatic rings. The van der Waals surface area contributed by atoms with Crippen molar-refractivity contribution in [2.45, 2.75) is 608 Å². The van der Waals surface area contributed by atoms with Gasteiger partial charge in [0.05, 0.1) is 0 Å². The van der Waals surface area contributed by atoms with Gasteiger partial charge in [0, 0.05) is 85.0 Å². The highest BCUT2D eigenvalue weighted by atomic mass is 16.5. The molecule has 0 aliphatic carbocycles. The summed E-state index contributed by atoms with van der Waals surface area (Å²) in [5, 5.41) is 0. The van der Waals surface area contributed by atoms with Gasteiger partial charge in [-0.3, -0.25) is 28.8 Å². The molecule has 770 valence electrons. The van der Waals surface area contributed by atoms with Crippen LogP contribution in [0.15, 0.2) is 0 Å². The number of unbranched alkanes of at least 4 members (excludes halogenated alkanes) is 66. The smallest absolute Gasteiger partial charge is 0.251 e. The molecule has 0 aromatic carbocycles. The van der Waals surface area contributed by atoms with Gasteiger partial charge in [0.1, 0.15) is 38.1 Å². The van der Waals surface area contributed by atoms with E-state index >= 15 is 0 Å². The second-order valence-electron chi connectivity index (χ2n) is 40.2. The van der Waals surface area contributed by atoms with Crippen LogP contribution in [0, 0.1) is 0 Å². The van der Waals surface area contributed by atoms with Crippen molar-refractivity contribution < 1.29 is 43.0 Å². The van der Waals surface area contributed by atoms with Gasteiger partial charge in [-0.1, -0.05) is 500 Å². The Morgan fingerprint density at radius 1 is 0.246 bits per heavy atom. The lowest BCUT2D eigenvalue weighted by molar-refractivity contribution is -0.153. The first-order valence-corrected chi connectivity index (χ1v) is 58.4. The molecule has 3 unspecified atom stereocenters. The Balaban J connectivity index is 0.00000192. The van der Waals surface area contributed by atoms with Crippen LogP contribution in [0.3, 0.4) is 0 Å². The number of nitrogens with zero attached hydrogens (tertiary/aromatic N) is 6. The predicted molar refractivity (Wildman–Crippen MR) is 560 cm³/mol. The van der Waals surface area contributed by atoms with Gasteiger partial charge in [-0.05, 0) is 83.5 Å². The van der Waals surface area contributed by atoms with Crippen molar-refractivity contribution >= 4 is 35.4 Å². The minimum Gasteiger partial charge on any atom is -0.359 e. The number of piperidine rings is 1. The van der Waals surface area contributed by atoms with Gasteiger partial charge in [0.15, 0.2) is 0 Å². The molecule has 130 heavy (non-hydrogen) atoms. The summed E-state index contributed by atoms with van der Waals surface area (Å²) in [6.45, 7) is 34.6. The fourth-order valence-corrected chi connectivity index (χ4v) is 18.8. The Labute approximate surface area is 809 Å². The van der Waals surface area contributed by atoms with Crippen LogP contribution in [0.1, 0.15) is 590 Å². The Morgan fingerprint density at radius 2 is 0.438 bits per heavy atom. The van der Waals surface area contributed by atoms with Crippen LogP contribution in [0.2, 0.25) is 0 Å². The van der Waals surface area contributed by atoms with E-state index in [2.05, 4.69) is 74.1 Å². The molecular weight excluding hydrogens is 1610 g/mol. The second kappa shape index (κ2) is 100. The SMILES string of the molecule is CCCCCCCCCCCCN(CCCCCCCCCCCC)C(=O)COC1CCCN(CCCCCC)C1=O.CCCCCCCCCCCCN(CCCCCCCCCCCC)C(=O)COC1CCN(CCCCCC)C1=O.CCCCCCCCCCN(CCCCCCCC)C(=O)COC(CC)C(=O)N(CCCCCCCC)CCCCCCCCCC. The van der Waals surface area contributed by atoms with Gasteiger partial charge < -0.3 is 43.6 Å². The van der Waals surface area contributed by atoms with E-state index < -0.39 is 18.3 Å². The molecule has 0 N–H and O–H groups in total. The maximum atomic E-state index is 13.8. The third kappa shape index (κ3) is 77.7. The van der Waals surface area contributed by atoms with Gasteiger partial charge in [-0.15, -0.1) is 0 Å². The molecule has 2 heterocycles. The lowest BCUT2D eigenvalue weighted by atomic mass is 10.1. The Hall–Kier alpha value is -3.30. The van der Waals surface area contributed by atoms with E-state index in [4.69, 9.17) is 14.2 Å². The molecule has 2 saturated heterocycles. The van der Waals surface area contributed by atoms with E-state index in [-0.39, 0.29) is 55.3 Å². The highest BCUT2D eigenvalue weighted by Crippen LogP contribution is 2.24. The first-order chi connectivity index (χ1) is 63.8. The molecule has 2 rings (SSSR count). The minimum absolute atomic E-state index is 0.0275. The van der Waals surface area contributed by atoms with Crippen LogP contribution in [-0.4, -0.2) is 182 Å². The van der Waals surface area contributed by atoms with Crippen molar-refractivity contribution in [1.82, 2.24) is 29.4 Å². The van der Waals surface area contributed by atoms with Gasteiger partial charge in [0.25, 0.3) is 17.7 Å². The van der Waals surface area contributed by atoms with Crippen LogP contribution in [0.25, 0.3) is 0 Å². The Morgan fingerprint density at radius 3 is 0.669 bits per heavy atom. The van der Waals surface area contributed by atoms with E-state index in [0.29, 0.717) is 6.42 Å². The predicted octanol–water partition coefficient (Wildman–Crippen LogP) is 32.5. The van der Waals surface area contributed by atoms with Crippen molar-refractivity contribution in [2.24, 2.45) is 0 Å². The monoisotopic (exact) mass is 1840 g/mol. The molecule has 0 radical (unpaired) electrons. The number of amides is 6. The number of carbonyl (C=O) groups excluding carboxylic acids is 6. The number of likely N-dealkylation sites (tertiary alicyclic amines) is 2. The van der Waals surface area contributed by atoms with Gasteiger partial charge >= 0.3 is 0 Å². The number of hydrogen-bond donors (Lipinski definition) is 0. The van der Waals surface area contributed by atoms with Crippen LogP contribution < -0.4 is 0 Å². The van der Waals surface area contributed by atoms with Crippen molar-refractivity contribution in [3.8, 4) is 0 Å². The van der Waals surface area contributed by atoms with Gasteiger partial charge in [0.2, 0.25) is 17.7 Å². The maximum absolute atomic E-state index is 13.8. The molecule has 6 amide bonds. The summed E-state index contributed by atoms with van der Waals surface area (Å²) in [7, 11) is 0. The second-order valence-corrected chi connectivity index (χ2v) is 40.2. The van der Waals surface area contributed by atoms with Crippen molar-refractivity contribution in [3.05, 3.63) is 0 Å². The molecule has 0 bridgehead atoms. The zero-order valence-electron chi connectivity index (χ0n) is 89.3. The third-order valence-corrected chi connectivity index (χ3v) is 27.8. The van der Waals surface area contributed by atoms with Gasteiger partial charge in [-0.25, -0.2) is 0 Å². The average Bonchev–Trinajstić information content (AvgIpc) is 1.66. The van der Waals surface area contributed by atoms with Crippen molar-refractivity contribution in [3.63, 3.8) is 0 Å². The highest BCUT2D eigenvalue weighted by molar-refractivity contribution is 5.84. The Kier molecular flexibility index (Phi) is 97.6. The summed E-state index contributed by atoms with van der Waals surface area (Å²) in [6.07, 6.45) is 98.2.